The van der Waals surface area contributed by atoms with Gasteiger partial charge in [0.2, 0.25) is 11.8 Å². The second-order valence-electron chi connectivity index (χ2n) is 9.65. The zero-order valence-corrected chi connectivity index (χ0v) is 20.5. The summed E-state index contributed by atoms with van der Waals surface area (Å²) < 4.78 is 54.5. The molecular formula is C24H28F4N4O6. The lowest BCUT2D eigenvalue weighted by molar-refractivity contribution is -0.321. The van der Waals surface area contributed by atoms with Gasteiger partial charge in [0.05, 0.1) is 6.04 Å². The van der Waals surface area contributed by atoms with E-state index in [1.807, 2.05) is 0 Å². The number of Topliss-reactive ketones (excluding diaryl/α,β-unsaturated/α-hetero) is 1. The van der Waals surface area contributed by atoms with Crippen LogP contribution in [0.2, 0.25) is 0 Å². The minimum atomic E-state index is -5.10. The van der Waals surface area contributed by atoms with Gasteiger partial charge in [-0.25, -0.2) is 4.39 Å². The van der Waals surface area contributed by atoms with Crippen molar-refractivity contribution < 1.29 is 46.3 Å². The van der Waals surface area contributed by atoms with Gasteiger partial charge >= 0.3 is 18.2 Å². The number of halogens is 4. The standard InChI is InChI=1S/C24H28F4N4O6/c1-23(7-8-23)32-22(37)21(36)31-17(10-13-2-4-15(25)5-3-13)20(35)30-16(11-14-6-9-29-19(14)34)18(33)12-38-24(26,27)28/h2-5,14,16-17H,6-12H2,1H3,(H,29,34)(H,30,35)(H,31,36)(H,32,37)/t14-,16?,17?/m0/s1. The predicted molar refractivity (Wildman–Crippen MR) is 122 cm³/mol. The van der Waals surface area contributed by atoms with Crippen LogP contribution in [0.4, 0.5) is 17.6 Å². The molecule has 0 radical (unpaired) electrons. The Bertz CT molecular complexity index is 1070. The van der Waals surface area contributed by atoms with Crippen LogP contribution in [0.25, 0.3) is 0 Å². The smallest absolute Gasteiger partial charge is 0.356 e. The van der Waals surface area contributed by atoms with Crippen molar-refractivity contribution in [3.63, 3.8) is 0 Å². The third-order valence-corrected chi connectivity index (χ3v) is 6.36. The van der Waals surface area contributed by atoms with Gasteiger partial charge in [-0.2, -0.15) is 0 Å². The first kappa shape index (κ1) is 29.0. The van der Waals surface area contributed by atoms with Gasteiger partial charge in [-0.1, -0.05) is 12.1 Å². The summed E-state index contributed by atoms with van der Waals surface area (Å²) in [7, 11) is 0. The Balaban J connectivity index is 1.76. The van der Waals surface area contributed by atoms with Crippen LogP contribution in [0.5, 0.6) is 0 Å². The van der Waals surface area contributed by atoms with E-state index in [9.17, 15) is 41.5 Å². The first-order chi connectivity index (χ1) is 17.7. The maximum atomic E-state index is 13.3. The zero-order valence-electron chi connectivity index (χ0n) is 20.5. The molecule has 1 saturated carbocycles. The van der Waals surface area contributed by atoms with Crippen LogP contribution in [-0.2, 0) is 35.1 Å². The average Bonchev–Trinajstić information content (AvgIpc) is 3.43. The topological polar surface area (TPSA) is 143 Å². The molecule has 1 aliphatic carbocycles. The van der Waals surface area contributed by atoms with Crippen LogP contribution in [0.3, 0.4) is 0 Å². The lowest BCUT2D eigenvalue weighted by atomic mass is 9.95. The number of rotatable bonds is 11. The van der Waals surface area contributed by atoms with Crippen molar-refractivity contribution in [2.45, 2.75) is 63.0 Å². The fraction of sp³-hybridized carbons (Fsp3) is 0.542. The number of amides is 4. The number of hydrogen-bond donors (Lipinski definition) is 4. The van der Waals surface area contributed by atoms with Crippen LogP contribution in [0.15, 0.2) is 24.3 Å². The second-order valence-corrected chi connectivity index (χ2v) is 9.65. The summed E-state index contributed by atoms with van der Waals surface area (Å²) in [6.45, 7) is 0.632. The van der Waals surface area contributed by atoms with Gasteiger partial charge in [0.25, 0.3) is 0 Å². The molecule has 208 valence electrons. The van der Waals surface area contributed by atoms with E-state index in [0.717, 1.165) is 12.1 Å². The first-order valence-electron chi connectivity index (χ1n) is 11.9. The molecule has 1 saturated heterocycles. The second kappa shape index (κ2) is 11.9. The molecule has 2 fully saturated rings. The highest BCUT2D eigenvalue weighted by molar-refractivity contribution is 6.35. The molecule has 3 rings (SSSR count). The van der Waals surface area contributed by atoms with Gasteiger partial charge < -0.3 is 21.3 Å². The molecule has 38 heavy (non-hydrogen) atoms. The van der Waals surface area contributed by atoms with Crippen LogP contribution < -0.4 is 21.3 Å². The Labute approximate surface area is 215 Å². The molecule has 3 atom stereocenters. The van der Waals surface area contributed by atoms with E-state index in [4.69, 9.17) is 0 Å². The van der Waals surface area contributed by atoms with Crippen LogP contribution in [-0.4, -0.2) is 66.5 Å². The average molecular weight is 545 g/mol. The number of ketones is 1. The number of benzene rings is 1. The fourth-order valence-electron chi connectivity index (χ4n) is 3.88. The highest BCUT2D eigenvalue weighted by Gasteiger charge is 2.41. The van der Waals surface area contributed by atoms with Crippen molar-refractivity contribution in [3.8, 4) is 0 Å². The van der Waals surface area contributed by atoms with E-state index < -0.39 is 71.7 Å². The van der Waals surface area contributed by atoms with Crippen LogP contribution >= 0.6 is 0 Å². The first-order valence-corrected chi connectivity index (χ1v) is 11.9. The molecule has 0 aromatic heterocycles. The van der Waals surface area contributed by atoms with E-state index >= 15 is 0 Å². The molecular weight excluding hydrogens is 516 g/mol. The Hall–Kier alpha value is -3.55. The van der Waals surface area contributed by atoms with Gasteiger partial charge in [0.15, 0.2) is 5.78 Å². The molecule has 1 aromatic carbocycles. The van der Waals surface area contributed by atoms with E-state index in [0.29, 0.717) is 31.4 Å². The molecule has 2 aliphatic rings. The highest BCUT2D eigenvalue weighted by atomic mass is 19.4. The van der Waals surface area contributed by atoms with Gasteiger partial charge in [-0.15, -0.1) is 13.2 Å². The Morgan fingerprint density at radius 3 is 2.29 bits per heavy atom. The number of carbonyl (C=O) groups is 5. The van der Waals surface area contributed by atoms with Crippen LogP contribution in [0, 0.1) is 11.7 Å². The number of nitrogens with one attached hydrogen (secondary N) is 4. The summed E-state index contributed by atoms with van der Waals surface area (Å²) in [5.74, 6) is -5.98. The van der Waals surface area contributed by atoms with Crippen molar-refractivity contribution in [3.05, 3.63) is 35.6 Å². The van der Waals surface area contributed by atoms with E-state index in [2.05, 4.69) is 26.0 Å². The Morgan fingerprint density at radius 2 is 1.74 bits per heavy atom. The summed E-state index contributed by atoms with van der Waals surface area (Å²) >= 11 is 0. The van der Waals surface area contributed by atoms with Crippen molar-refractivity contribution in [1.82, 2.24) is 21.3 Å². The molecule has 1 aliphatic heterocycles. The molecule has 0 bridgehead atoms. The minimum Gasteiger partial charge on any atom is -0.356 e. The maximum absolute atomic E-state index is 13.3. The summed E-state index contributed by atoms with van der Waals surface area (Å²) in [6.07, 6.45) is -3.99. The lowest BCUT2D eigenvalue weighted by Gasteiger charge is -2.24. The number of carbonyl (C=O) groups excluding carboxylic acids is 5. The van der Waals surface area contributed by atoms with E-state index in [-0.39, 0.29) is 12.8 Å². The molecule has 1 aromatic rings. The maximum Gasteiger partial charge on any atom is 0.522 e. The number of hydrogen-bond acceptors (Lipinski definition) is 6. The van der Waals surface area contributed by atoms with Gasteiger partial charge in [-0.3, -0.25) is 28.7 Å². The van der Waals surface area contributed by atoms with Gasteiger partial charge in [0, 0.05) is 24.4 Å². The highest BCUT2D eigenvalue weighted by Crippen LogP contribution is 2.34. The SMILES string of the molecule is CC1(NC(=O)C(=O)NC(Cc2ccc(F)cc2)C(=O)NC(C[C@@H]2CCNC2=O)C(=O)COC(F)(F)F)CC1. The largest absolute Gasteiger partial charge is 0.522 e. The lowest BCUT2D eigenvalue weighted by Crippen LogP contribution is -2.56. The molecule has 14 heteroatoms. The fourth-order valence-corrected chi connectivity index (χ4v) is 3.88. The van der Waals surface area contributed by atoms with Gasteiger partial charge in [-0.05, 0) is 50.3 Å². The normalized spacial score (nSPS) is 19.6. The third kappa shape index (κ3) is 8.78. The van der Waals surface area contributed by atoms with Crippen molar-refractivity contribution in [2.75, 3.05) is 13.2 Å². The summed E-state index contributed by atoms with van der Waals surface area (Å²) in [5, 5.41) is 9.65. The monoisotopic (exact) mass is 544 g/mol. The van der Waals surface area contributed by atoms with E-state index in [1.54, 1.807) is 6.92 Å². The summed E-state index contributed by atoms with van der Waals surface area (Å²) in [4.78, 5) is 62.6. The predicted octanol–water partition coefficient (Wildman–Crippen LogP) is 0.638. The van der Waals surface area contributed by atoms with Crippen molar-refractivity contribution >= 4 is 29.4 Å². The van der Waals surface area contributed by atoms with E-state index in [1.165, 1.54) is 12.1 Å². The van der Waals surface area contributed by atoms with Gasteiger partial charge in [0.1, 0.15) is 18.5 Å². The molecule has 4 N–H and O–H groups in total. The molecule has 1 heterocycles. The molecule has 10 nitrogen and oxygen atoms in total. The van der Waals surface area contributed by atoms with Crippen molar-refractivity contribution in [1.29, 1.82) is 0 Å². The van der Waals surface area contributed by atoms with Crippen molar-refractivity contribution in [2.24, 2.45) is 5.92 Å². The summed E-state index contributed by atoms with van der Waals surface area (Å²) in [6, 6.07) is 1.91. The zero-order chi connectivity index (χ0) is 28.1. The number of ether oxygens (including phenoxy) is 1. The minimum absolute atomic E-state index is 0.230. The van der Waals surface area contributed by atoms with Crippen LogP contribution in [0.1, 0.15) is 38.2 Å². The molecule has 2 unspecified atom stereocenters. The third-order valence-electron chi connectivity index (χ3n) is 6.36. The Morgan fingerprint density at radius 1 is 1.08 bits per heavy atom. The number of alkyl halides is 3. The Kier molecular flexibility index (Phi) is 9.07. The quantitative estimate of drug-likeness (QED) is 0.238. The molecule has 0 spiro atoms. The summed E-state index contributed by atoms with van der Waals surface area (Å²) in [5.41, 5.74) is -0.138. The molecule has 4 amide bonds.